The van der Waals surface area contributed by atoms with E-state index in [1.54, 1.807) is 0 Å². The summed E-state index contributed by atoms with van der Waals surface area (Å²) in [5.41, 5.74) is 13.8. The molecule has 0 spiro atoms. The normalized spacial score (nSPS) is 11.5. The van der Waals surface area contributed by atoms with E-state index >= 15 is 0 Å². The zero-order valence-electron chi connectivity index (χ0n) is 30.8. The van der Waals surface area contributed by atoms with E-state index in [1.807, 2.05) is 36.4 Å². The number of rotatable bonds is 6. The number of furan rings is 1. The molecule has 0 aliphatic carbocycles. The van der Waals surface area contributed by atoms with Crippen LogP contribution in [0.25, 0.3) is 111 Å². The van der Waals surface area contributed by atoms with E-state index in [1.165, 1.54) is 16.5 Å². The van der Waals surface area contributed by atoms with E-state index in [0.717, 1.165) is 88.7 Å². The molecule has 4 nitrogen and oxygen atoms in total. The second-order valence-electron chi connectivity index (χ2n) is 14.3. The number of aromatic nitrogens is 3. The molecule has 0 radical (unpaired) electrons. The SMILES string of the molecule is c1ccc(-c2ccc(-c3cc(-c4ccccc4)nc(-c4ccc(-c5cccc6c5nc(-c5cccc7ccccc57)c5c7ccccc7oc65)cc4)n3)cc2)cc1. The topological polar surface area (TPSA) is 51.8 Å². The molecule has 0 aliphatic heterocycles. The Morgan fingerprint density at radius 1 is 0.351 bits per heavy atom. The van der Waals surface area contributed by atoms with Crippen LogP contribution in [0.1, 0.15) is 0 Å². The molecule has 0 atom stereocenters. The van der Waals surface area contributed by atoms with Crippen molar-refractivity contribution in [2.75, 3.05) is 0 Å². The Morgan fingerprint density at radius 2 is 0.877 bits per heavy atom. The van der Waals surface area contributed by atoms with Gasteiger partial charge in [-0.15, -0.1) is 0 Å². The predicted molar refractivity (Wildman–Crippen MR) is 235 cm³/mol. The lowest BCUT2D eigenvalue weighted by Crippen LogP contribution is -1.96. The minimum Gasteiger partial charge on any atom is -0.455 e. The number of pyridine rings is 1. The summed E-state index contributed by atoms with van der Waals surface area (Å²) in [6.45, 7) is 0. The van der Waals surface area contributed by atoms with Gasteiger partial charge in [-0.25, -0.2) is 15.0 Å². The van der Waals surface area contributed by atoms with Gasteiger partial charge in [-0.3, -0.25) is 0 Å². The monoisotopic (exact) mass is 727 g/mol. The third-order valence-corrected chi connectivity index (χ3v) is 10.9. The molecule has 3 heterocycles. The van der Waals surface area contributed by atoms with Gasteiger partial charge in [0.15, 0.2) is 5.82 Å². The molecule has 0 unspecified atom stereocenters. The third kappa shape index (κ3) is 5.74. The van der Waals surface area contributed by atoms with Crippen LogP contribution in [0, 0.1) is 0 Å². The Labute approximate surface area is 329 Å². The molecule has 4 heteroatoms. The molecule has 0 bridgehead atoms. The van der Waals surface area contributed by atoms with E-state index in [0.29, 0.717) is 5.82 Å². The average molecular weight is 728 g/mol. The molecule has 0 fully saturated rings. The first-order chi connectivity index (χ1) is 28.2. The molecule has 0 amide bonds. The minimum atomic E-state index is 0.670. The van der Waals surface area contributed by atoms with Gasteiger partial charge in [0.1, 0.15) is 11.2 Å². The highest BCUT2D eigenvalue weighted by molar-refractivity contribution is 6.22. The van der Waals surface area contributed by atoms with Crippen LogP contribution in [0.3, 0.4) is 0 Å². The van der Waals surface area contributed by atoms with E-state index in [4.69, 9.17) is 19.4 Å². The Bertz CT molecular complexity index is 3260. The number of fused-ring (bicyclic) bond motifs is 6. The van der Waals surface area contributed by atoms with Crippen molar-refractivity contribution in [3.63, 3.8) is 0 Å². The van der Waals surface area contributed by atoms with Crippen molar-refractivity contribution in [1.29, 1.82) is 0 Å². The molecule has 0 aliphatic rings. The summed E-state index contributed by atoms with van der Waals surface area (Å²) in [6, 6.07) is 69.5. The Morgan fingerprint density at radius 3 is 1.65 bits per heavy atom. The number of benzene rings is 8. The molecule has 0 N–H and O–H groups in total. The van der Waals surface area contributed by atoms with Gasteiger partial charge in [0.05, 0.1) is 28.0 Å². The molecule has 0 saturated carbocycles. The van der Waals surface area contributed by atoms with Gasteiger partial charge < -0.3 is 4.42 Å². The largest absolute Gasteiger partial charge is 0.455 e. The van der Waals surface area contributed by atoms with Crippen molar-refractivity contribution >= 4 is 43.6 Å². The van der Waals surface area contributed by atoms with E-state index in [-0.39, 0.29) is 0 Å². The minimum absolute atomic E-state index is 0.670. The van der Waals surface area contributed by atoms with Crippen LogP contribution in [0.15, 0.2) is 205 Å². The molecule has 57 heavy (non-hydrogen) atoms. The fraction of sp³-hybridized carbons (Fsp3) is 0. The van der Waals surface area contributed by atoms with E-state index in [9.17, 15) is 0 Å². The highest BCUT2D eigenvalue weighted by Gasteiger charge is 2.21. The number of hydrogen-bond donors (Lipinski definition) is 0. The maximum atomic E-state index is 6.68. The van der Waals surface area contributed by atoms with Crippen LogP contribution in [0.4, 0.5) is 0 Å². The summed E-state index contributed by atoms with van der Waals surface area (Å²) >= 11 is 0. The molecule has 11 rings (SSSR count). The van der Waals surface area contributed by atoms with Crippen molar-refractivity contribution in [2.24, 2.45) is 0 Å². The molecular formula is C53H33N3O. The lowest BCUT2D eigenvalue weighted by atomic mass is 9.95. The number of nitrogens with zero attached hydrogens (tertiary/aromatic N) is 3. The lowest BCUT2D eigenvalue weighted by Gasteiger charge is -2.13. The summed E-state index contributed by atoms with van der Waals surface area (Å²) in [4.78, 5) is 15.8. The predicted octanol–water partition coefficient (Wildman–Crippen LogP) is 14.1. The highest BCUT2D eigenvalue weighted by atomic mass is 16.3. The summed E-state index contributed by atoms with van der Waals surface area (Å²) < 4.78 is 6.68. The van der Waals surface area contributed by atoms with Crippen LogP contribution in [-0.2, 0) is 0 Å². The molecule has 3 aromatic heterocycles. The Balaban J connectivity index is 1.04. The lowest BCUT2D eigenvalue weighted by molar-refractivity contribution is 0.672. The first-order valence-corrected chi connectivity index (χ1v) is 19.2. The first-order valence-electron chi connectivity index (χ1n) is 19.2. The van der Waals surface area contributed by atoms with Crippen molar-refractivity contribution < 1.29 is 4.42 Å². The maximum Gasteiger partial charge on any atom is 0.160 e. The van der Waals surface area contributed by atoms with Gasteiger partial charge in [0.25, 0.3) is 0 Å². The molecule has 266 valence electrons. The molecule has 0 saturated heterocycles. The van der Waals surface area contributed by atoms with Gasteiger partial charge >= 0.3 is 0 Å². The fourth-order valence-corrected chi connectivity index (χ4v) is 8.09. The van der Waals surface area contributed by atoms with Crippen LogP contribution in [-0.4, -0.2) is 15.0 Å². The average Bonchev–Trinajstić information content (AvgIpc) is 3.69. The Hall–Kier alpha value is -7.69. The van der Waals surface area contributed by atoms with Gasteiger partial charge in [-0.2, -0.15) is 0 Å². The quantitative estimate of drug-likeness (QED) is 0.171. The van der Waals surface area contributed by atoms with Crippen molar-refractivity contribution in [3.8, 4) is 67.4 Å². The van der Waals surface area contributed by atoms with Crippen LogP contribution < -0.4 is 0 Å². The number of hydrogen-bond acceptors (Lipinski definition) is 4. The zero-order chi connectivity index (χ0) is 37.7. The van der Waals surface area contributed by atoms with Crippen LogP contribution >= 0.6 is 0 Å². The first kappa shape index (κ1) is 32.7. The van der Waals surface area contributed by atoms with Crippen LogP contribution in [0.5, 0.6) is 0 Å². The van der Waals surface area contributed by atoms with Gasteiger partial charge in [0.2, 0.25) is 0 Å². The molecule has 11 aromatic rings. The van der Waals surface area contributed by atoms with Gasteiger partial charge in [0, 0.05) is 38.6 Å². The van der Waals surface area contributed by atoms with E-state index in [2.05, 4.69) is 164 Å². The van der Waals surface area contributed by atoms with Gasteiger partial charge in [-0.05, 0) is 45.7 Å². The van der Waals surface area contributed by atoms with Crippen molar-refractivity contribution in [2.45, 2.75) is 0 Å². The van der Waals surface area contributed by atoms with Crippen molar-refractivity contribution in [1.82, 2.24) is 15.0 Å². The second-order valence-corrected chi connectivity index (χ2v) is 14.3. The maximum absolute atomic E-state index is 6.68. The van der Waals surface area contributed by atoms with Crippen LogP contribution in [0.2, 0.25) is 0 Å². The second kappa shape index (κ2) is 13.6. The highest BCUT2D eigenvalue weighted by Crippen LogP contribution is 2.43. The fourth-order valence-electron chi connectivity index (χ4n) is 8.09. The standard InChI is InChI=1S/C53H33N3O/c1-3-13-34(14-4-1)35-25-29-39(30-26-35)47-33-46(38-16-5-2-6-17-38)54-53(55-47)40-31-27-37(28-32-40)42-21-12-23-45-50(42)56-51(43-22-11-18-36-15-7-8-19-41(36)43)49-44-20-9-10-24-48(44)57-52(45)49/h1-33H. The summed E-state index contributed by atoms with van der Waals surface area (Å²) in [7, 11) is 0. The summed E-state index contributed by atoms with van der Waals surface area (Å²) in [6.07, 6.45) is 0. The third-order valence-electron chi connectivity index (χ3n) is 10.9. The Kier molecular flexibility index (Phi) is 7.78. The zero-order valence-corrected chi connectivity index (χ0v) is 30.8. The van der Waals surface area contributed by atoms with E-state index < -0.39 is 0 Å². The molecule has 8 aromatic carbocycles. The smallest absolute Gasteiger partial charge is 0.160 e. The van der Waals surface area contributed by atoms with Crippen molar-refractivity contribution in [3.05, 3.63) is 200 Å². The molecular weight excluding hydrogens is 695 g/mol. The summed E-state index contributed by atoms with van der Waals surface area (Å²) in [5.74, 6) is 0.670. The number of para-hydroxylation sites is 2. The summed E-state index contributed by atoms with van der Waals surface area (Å²) in [5, 5.41) is 5.40. The van der Waals surface area contributed by atoms with Gasteiger partial charge in [-0.1, -0.05) is 182 Å².